The third kappa shape index (κ3) is 2.39. The summed E-state index contributed by atoms with van der Waals surface area (Å²) in [4.78, 5) is 9.79. The minimum absolute atomic E-state index is 0.329. The number of hydrogen-bond donors (Lipinski definition) is 2. The lowest BCUT2D eigenvalue weighted by atomic mass is 10.2. The number of aliphatic hydroxyl groups excluding tert-OH is 1. The zero-order valence-corrected chi connectivity index (χ0v) is 10.8. The molecule has 1 aliphatic rings. The van der Waals surface area contributed by atoms with Gasteiger partial charge in [0, 0.05) is 13.0 Å². The molecule has 20 heavy (non-hydrogen) atoms. The standard InChI is InChI=1S/C11H11F2NO5S/c12-7-2-1-3-8(13)10(7)20(18,19)14-5-6(15)4-9(14)11(16)17/h1-3,6,9,15H,4-5H2,(H,16,17)/t6-,9+/m1/s1. The molecule has 2 rings (SSSR count). The number of carboxylic acids is 1. The van der Waals surface area contributed by atoms with Crippen LogP contribution < -0.4 is 0 Å². The van der Waals surface area contributed by atoms with Gasteiger partial charge >= 0.3 is 5.97 Å². The van der Waals surface area contributed by atoms with Crippen LogP contribution in [-0.2, 0) is 14.8 Å². The normalized spacial score (nSPS) is 23.9. The van der Waals surface area contributed by atoms with Crippen molar-refractivity contribution in [3.8, 4) is 0 Å². The molecule has 0 aliphatic carbocycles. The maximum absolute atomic E-state index is 13.6. The summed E-state index contributed by atoms with van der Waals surface area (Å²) in [5.74, 6) is -4.10. The minimum atomic E-state index is -4.68. The molecule has 0 saturated carbocycles. The minimum Gasteiger partial charge on any atom is -0.480 e. The highest BCUT2D eigenvalue weighted by Crippen LogP contribution is 2.29. The highest BCUT2D eigenvalue weighted by Gasteiger charge is 2.45. The number of benzene rings is 1. The first-order valence-electron chi connectivity index (χ1n) is 5.62. The number of halogens is 2. The number of β-amino-alcohol motifs (C(OH)–C–C–N with tert-alkyl or cyclic N) is 1. The molecule has 0 amide bonds. The molecule has 2 N–H and O–H groups in total. The number of hydrogen-bond acceptors (Lipinski definition) is 4. The Kier molecular flexibility index (Phi) is 3.76. The molecule has 2 atom stereocenters. The lowest BCUT2D eigenvalue weighted by Crippen LogP contribution is -2.41. The summed E-state index contributed by atoms with van der Waals surface area (Å²) in [6.45, 7) is -0.521. The van der Waals surface area contributed by atoms with Crippen LogP contribution in [0.15, 0.2) is 23.1 Å². The number of sulfonamides is 1. The molecular weight excluding hydrogens is 296 g/mol. The lowest BCUT2D eigenvalue weighted by molar-refractivity contribution is -0.140. The van der Waals surface area contributed by atoms with E-state index in [1.807, 2.05) is 0 Å². The van der Waals surface area contributed by atoms with Gasteiger partial charge in [-0.3, -0.25) is 4.79 Å². The molecule has 1 saturated heterocycles. The maximum atomic E-state index is 13.6. The van der Waals surface area contributed by atoms with E-state index in [1.54, 1.807) is 0 Å². The van der Waals surface area contributed by atoms with Gasteiger partial charge < -0.3 is 10.2 Å². The van der Waals surface area contributed by atoms with E-state index in [9.17, 15) is 27.1 Å². The largest absolute Gasteiger partial charge is 0.480 e. The van der Waals surface area contributed by atoms with E-state index in [1.165, 1.54) is 0 Å². The Labute approximate surface area is 113 Å². The average molecular weight is 307 g/mol. The van der Waals surface area contributed by atoms with Gasteiger partial charge in [0.05, 0.1) is 6.10 Å². The summed E-state index contributed by atoms with van der Waals surface area (Å²) in [7, 11) is -4.68. The molecule has 1 fully saturated rings. The van der Waals surface area contributed by atoms with Gasteiger partial charge in [-0.1, -0.05) is 6.07 Å². The van der Waals surface area contributed by atoms with Crippen LogP contribution in [0.5, 0.6) is 0 Å². The van der Waals surface area contributed by atoms with Crippen molar-refractivity contribution in [2.75, 3.05) is 6.54 Å². The van der Waals surface area contributed by atoms with Crippen molar-refractivity contribution in [1.82, 2.24) is 4.31 Å². The number of rotatable bonds is 3. The van der Waals surface area contributed by atoms with Gasteiger partial charge in [0.15, 0.2) is 4.90 Å². The smallest absolute Gasteiger partial charge is 0.322 e. The van der Waals surface area contributed by atoms with Crippen LogP contribution >= 0.6 is 0 Å². The van der Waals surface area contributed by atoms with Gasteiger partial charge in [0.1, 0.15) is 17.7 Å². The van der Waals surface area contributed by atoms with E-state index >= 15 is 0 Å². The van der Waals surface area contributed by atoms with Crippen molar-refractivity contribution in [3.63, 3.8) is 0 Å². The topological polar surface area (TPSA) is 94.9 Å². The van der Waals surface area contributed by atoms with Crippen LogP contribution in [-0.4, -0.2) is 47.6 Å². The summed E-state index contributed by atoms with van der Waals surface area (Å²) >= 11 is 0. The Bertz CT molecular complexity index is 628. The van der Waals surface area contributed by atoms with E-state index in [0.29, 0.717) is 4.31 Å². The summed E-state index contributed by atoms with van der Waals surface area (Å²) < 4.78 is 52.0. The summed E-state index contributed by atoms with van der Waals surface area (Å²) in [6.07, 6.45) is -1.52. The van der Waals surface area contributed by atoms with Crippen molar-refractivity contribution in [2.45, 2.75) is 23.5 Å². The molecule has 0 unspecified atom stereocenters. The fourth-order valence-corrected chi connectivity index (χ4v) is 3.86. The first kappa shape index (κ1) is 14.8. The second-order valence-electron chi connectivity index (χ2n) is 4.37. The second-order valence-corrected chi connectivity index (χ2v) is 6.20. The fourth-order valence-electron chi connectivity index (χ4n) is 2.12. The van der Waals surface area contributed by atoms with Gasteiger partial charge in [-0.05, 0) is 12.1 Å². The van der Waals surface area contributed by atoms with Crippen molar-refractivity contribution >= 4 is 16.0 Å². The van der Waals surface area contributed by atoms with E-state index in [4.69, 9.17) is 5.11 Å². The molecule has 1 heterocycles. The maximum Gasteiger partial charge on any atom is 0.322 e. The third-order valence-electron chi connectivity index (χ3n) is 3.00. The number of carbonyl (C=O) groups is 1. The quantitative estimate of drug-likeness (QED) is 0.830. The zero-order valence-electron chi connectivity index (χ0n) is 10.0. The van der Waals surface area contributed by atoms with Crippen LogP contribution in [0.25, 0.3) is 0 Å². The van der Waals surface area contributed by atoms with Gasteiger partial charge in [0.2, 0.25) is 10.0 Å². The van der Waals surface area contributed by atoms with E-state index in [2.05, 4.69) is 0 Å². The fraction of sp³-hybridized carbons (Fsp3) is 0.364. The Morgan fingerprint density at radius 2 is 1.85 bits per heavy atom. The number of nitrogens with zero attached hydrogens (tertiary/aromatic N) is 1. The van der Waals surface area contributed by atoms with Gasteiger partial charge in [0.25, 0.3) is 0 Å². The van der Waals surface area contributed by atoms with Crippen molar-refractivity contribution in [2.24, 2.45) is 0 Å². The highest BCUT2D eigenvalue weighted by atomic mass is 32.2. The monoisotopic (exact) mass is 307 g/mol. The molecule has 0 spiro atoms. The molecule has 1 aliphatic heterocycles. The summed E-state index contributed by atoms with van der Waals surface area (Å²) in [5.41, 5.74) is 0. The summed E-state index contributed by atoms with van der Waals surface area (Å²) in [5, 5.41) is 18.4. The first-order valence-corrected chi connectivity index (χ1v) is 7.06. The first-order chi connectivity index (χ1) is 9.25. The number of aliphatic carboxylic acids is 1. The van der Waals surface area contributed by atoms with Crippen LogP contribution in [0.2, 0.25) is 0 Å². The second kappa shape index (κ2) is 5.08. The van der Waals surface area contributed by atoms with Crippen molar-refractivity contribution < 1.29 is 32.2 Å². The van der Waals surface area contributed by atoms with E-state index in [-0.39, 0.29) is 6.42 Å². The SMILES string of the molecule is O=C(O)[C@@H]1C[C@@H](O)CN1S(=O)(=O)c1c(F)cccc1F. The molecule has 6 nitrogen and oxygen atoms in total. The van der Waals surface area contributed by atoms with Crippen LogP contribution in [0, 0.1) is 11.6 Å². The number of aliphatic hydroxyl groups is 1. The van der Waals surface area contributed by atoms with E-state index in [0.717, 1.165) is 18.2 Å². The Balaban J connectivity index is 2.52. The molecule has 1 aromatic carbocycles. The molecule has 0 radical (unpaired) electrons. The lowest BCUT2D eigenvalue weighted by Gasteiger charge is -2.21. The molecule has 110 valence electrons. The average Bonchev–Trinajstić information content (AvgIpc) is 2.71. The Hall–Kier alpha value is -1.58. The molecular formula is C11H11F2NO5S. The predicted octanol–water partition coefficient (Wildman–Crippen LogP) is 0.173. The Morgan fingerprint density at radius 1 is 1.30 bits per heavy atom. The third-order valence-corrected chi connectivity index (χ3v) is 4.93. The van der Waals surface area contributed by atoms with Gasteiger partial charge in [-0.2, -0.15) is 4.31 Å². The van der Waals surface area contributed by atoms with E-state index < -0.39 is 51.2 Å². The molecule has 9 heteroatoms. The molecule has 1 aromatic rings. The Morgan fingerprint density at radius 3 is 2.35 bits per heavy atom. The predicted molar refractivity (Wildman–Crippen MR) is 62.3 cm³/mol. The van der Waals surface area contributed by atoms with Gasteiger partial charge in [-0.25, -0.2) is 17.2 Å². The molecule has 0 bridgehead atoms. The zero-order chi connectivity index (χ0) is 15.1. The number of carboxylic acid groups (broad SMARTS) is 1. The summed E-state index contributed by atoms with van der Waals surface area (Å²) in [6, 6.07) is 0.974. The van der Waals surface area contributed by atoms with Crippen LogP contribution in [0.3, 0.4) is 0 Å². The van der Waals surface area contributed by atoms with Crippen molar-refractivity contribution in [1.29, 1.82) is 0 Å². The van der Waals surface area contributed by atoms with Crippen LogP contribution in [0.1, 0.15) is 6.42 Å². The van der Waals surface area contributed by atoms with Crippen molar-refractivity contribution in [3.05, 3.63) is 29.8 Å². The highest BCUT2D eigenvalue weighted by molar-refractivity contribution is 7.89. The molecule has 0 aromatic heterocycles. The van der Waals surface area contributed by atoms with Gasteiger partial charge in [-0.15, -0.1) is 0 Å². The van der Waals surface area contributed by atoms with Crippen LogP contribution in [0.4, 0.5) is 8.78 Å².